The Morgan fingerprint density at radius 2 is 1.48 bits per heavy atom. The van der Waals surface area contributed by atoms with E-state index in [9.17, 15) is 4.79 Å². The molecule has 3 aromatic carbocycles. The summed E-state index contributed by atoms with van der Waals surface area (Å²) in [6.45, 7) is 0.651. The van der Waals surface area contributed by atoms with Crippen LogP contribution in [0.4, 0.5) is 5.69 Å². The first kappa shape index (κ1) is 17.3. The van der Waals surface area contributed by atoms with Gasteiger partial charge in [-0.05, 0) is 0 Å². The van der Waals surface area contributed by atoms with Crippen LogP contribution < -0.4 is 14.5 Å². The standard InChI is InChI=1S/C21H19NO2Se/c23-21(22-17-9-3-1-4-10-17)19-13-7-8-14-20(19)25-16-15-24-18-11-5-2-6-12-18/h1-14H,15-16H2,(H,22,23). The van der Waals surface area contributed by atoms with Gasteiger partial charge < -0.3 is 0 Å². The fourth-order valence-electron chi connectivity index (χ4n) is 2.33. The zero-order chi connectivity index (χ0) is 17.3. The number of carbonyl (C=O) groups excluding carboxylic acids is 1. The van der Waals surface area contributed by atoms with Crippen LogP contribution in [0.3, 0.4) is 0 Å². The Labute approximate surface area is 154 Å². The van der Waals surface area contributed by atoms with Gasteiger partial charge in [-0.25, -0.2) is 0 Å². The van der Waals surface area contributed by atoms with Gasteiger partial charge in [-0.3, -0.25) is 0 Å². The zero-order valence-electron chi connectivity index (χ0n) is 13.7. The number of para-hydroxylation sites is 2. The zero-order valence-corrected chi connectivity index (χ0v) is 15.4. The Hall–Kier alpha value is -2.55. The molecule has 1 amide bonds. The van der Waals surface area contributed by atoms with Gasteiger partial charge in [-0.2, -0.15) is 0 Å². The SMILES string of the molecule is O=C(Nc1ccccc1)c1ccccc1[Se]CCOc1ccccc1. The second-order valence-electron chi connectivity index (χ2n) is 5.33. The molecule has 0 aliphatic carbocycles. The van der Waals surface area contributed by atoms with E-state index in [4.69, 9.17) is 4.74 Å². The molecule has 0 unspecified atom stereocenters. The van der Waals surface area contributed by atoms with Gasteiger partial charge in [0.15, 0.2) is 0 Å². The summed E-state index contributed by atoms with van der Waals surface area (Å²) in [6, 6.07) is 27.1. The average molecular weight is 396 g/mol. The first-order chi connectivity index (χ1) is 12.3. The molecule has 0 spiro atoms. The molecule has 0 radical (unpaired) electrons. The number of nitrogens with one attached hydrogen (secondary N) is 1. The maximum atomic E-state index is 12.6. The molecule has 0 aliphatic heterocycles. The average Bonchev–Trinajstić information content (AvgIpc) is 2.67. The van der Waals surface area contributed by atoms with Gasteiger partial charge in [0.1, 0.15) is 0 Å². The first-order valence-corrected chi connectivity index (χ1v) is 10.2. The minimum absolute atomic E-state index is 0.0624. The number of rotatable bonds is 7. The topological polar surface area (TPSA) is 38.3 Å². The summed E-state index contributed by atoms with van der Waals surface area (Å²) in [6.07, 6.45) is 0. The van der Waals surface area contributed by atoms with E-state index in [1.54, 1.807) is 0 Å². The van der Waals surface area contributed by atoms with E-state index in [2.05, 4.69) is 5.32 Å². The van der Waals surface area contributed by atoms with Crippen LogP contribution in [0.2, 0.25) is 5.32 Å². The molecule has 3 nitrogen and oxygen atoms in total. The third kappa shape index (κ3) is 5.21. The maximum absolute atomic E-state index is 12.6. The van der Waals surface area contributed by atoms with Crippen molar-refractivity contribution in [3.63, 3.8) is 0 Å². The molecule has 3 aromatic rings. The van der Waals surface area contributed by atoms with Crippen molar-refractivity contribution in [3.8, 4) is 5.75 Å². The molecule has 0 atom stereocenters. The molecular formula is C21H19NO2Se. The molecule has 0 bridgehead atoms. The fraction of sp³-hybridized carbons (Fsp3) is 0.0952. The molecule has 3 rings (SSSR count). The summed E-state index contributed by atoms with van der Waals surface area (Å²) in [5.74, 6) is 0.820. The van der Waals surface area contributed by atoms with E-state index in [1.165, 1.54) is 0 Å². The molecule has 0 saturated carbocycles. The van der Waals surface area contributed by atoms with Crippen LogP contribution in [-0.2, 0) is 0 Å². The number of anilines is 1. The quantitative estimate of drug-likeness (QED) is 0.488. The monoisotopic (exact) mass is 397 g/mol. The molecule has 4 heteroatoms. The van der Waals surface area contributed by atoms with Crippen molar-refractivity contribution in [2.45, 2.75) is 5.32 Å². The van der Waals surface area contributed by atoms with E-state index >= 15 is 0 Å². The van der Waals surface area contributed by atoms with Crippen LogP contribution in [0.15, 0.2) is 84.9 Å². The van der Waals surface area contributed by atoms with Crippen molar-refractivity contribution in [1.29, 1.82) is 0 Å². The number of amides is 1. The van der Waals surface area contributed by atoms with E-state index < -0.39 is 0 Å². The van der Waals surface area contributed by atoms with Crippen LogP contribution in [0.25, 0.3) is 0 Å². The van der Waals surface area contributed by atoms with E-state index in [0.29, 0.717) is 6.61 Å². The molecule has 0 saturated heterocycles. The van der Waals surface area contributed by atoms with Crippen LogP contribution in [-0.4, -0.2) is 27.5 Å². The molecule has 0 heterocycles. The van der Waals surface area contributed by atoms with Gasteiger partial charge >= 0.3 is 154 Å². The molecule has 0 aliphatic rings. The van der Waals surface area contributed by atoms with Gasteiger partial charge in [0.05, 0.1) is 0 Å². The molecule has 25 heavy (non-hydrogen) atoms. The first-order valence-electron chi connectivity index (χ1n) is 8.09. The Balaban J connectivity index is 1.58. The third-order valence-corrected chi connectivity index (χ3v) is 5.69. The van der Waals surface area contributed by atoms with Crippen molar-refractivity contribution in [3.05, 3.63) is 90.5 Å². The van der Waals surface area contributed by atoms with Crippen molar-refractivity contribution >= 4 is 31.0 Å². The third-order valence-electron chi connectivity index (χ3n) is 3.52. The summed E-state index contributed by atoms with van der Waals surface area (Å²) in [5.41, 5.74) is 1.55. The number of hydrogen-bond acceptors (Lipinski definition) is 2. The summed E-state index contributed by atoms with van der Waals surface area (Å²) in [5, 5.41) is 3.87. The second-order valence-corrected chi connectivity index (χ2v) is 7.71. The Kier molecular flexibility index (Phi) is 6.27. The van der Waals surface area contributed by atoms with Gasteiger partial charge in [-0.1, -0.05) is 0 Å². The van der Waals surface area contributed by atoms with Gasteiger partial charge in [-0.15, -0.1) is 0 Å². The number of benzene rings is 3. The molecule has 126 valence electrons. The van der Waals surface area contributed by atoms with Gasteiger partial charge in [0, 0.05) is 0 Å². The summed E-state index contributed by atoms with van der Waals surface area (Å²) >= 11 is 0.180. The van der Waals surface area contributed by atoms with Crippen LogP contribution in [0, 0.1) is 0 Å². The van der Waals surface area contributed by atoms with Crippen LogP contribution >= 0.6 is 0 Å². The predicted molar refractivity (Wildman–Crippen MR) is 103 cm³/mol. The Morgan fingerprint density at radius 3 is 2.24 bits per heavy atom. The molecular weight excluding hydrogens is 377 g/mol. The fourth-order valence-corrected chi connectivity index (χ4v) is 4.17. The van der Waals surface area contributed by atoms with E-state index in [1.807, 2.05) is 84.9 Å². The predicted octanol–water partition coefficient (Wildman–Crippen LogP) is 3.77. The van der Waals surface area contributed by atoms with Crippen molar-refractivity contribution in [1.82, 2.24) is 0 Å². The molecule has 0 fully saturated rings. The van der Waals surface area contributed by atoms with E-state index in [-0.39, 0.29) is 20.9 Å². The van der Waals surface area contributed by atoms with Crippen molar-refractivity contribution in [2.24, 2.45) is 0 Å². The second kappa shape index (κ2) is 9.07. The van der Waals surface area contributed by atoms with Gasteiger partial charge in [0.2, 0.25) is 0 Å². The molecule has 1 N–H and O–H groups in total. The van der Waals surface area contributed by atoms with E-state index in [0.717, 1.165) is 26.8 Å². The van der Waals surface area contributed by atoms with Gasteiger partial charge in [0.25, 0.3) is 0 Å². The summed E-state index contributed by atoms with van der Waals surface area (Å²) < 4.78 is 6.84. The number of ether oxygens (including phenoxy) is 1. The number of carbonyl (C=O) groups is 1. The summed E-state index contributed by atoms with van der Waals surface area (Å²) in [7, 11) is 0. The van der Waals surface area contributed by atoms with Crippen molar-refractivity contribution < 1.29 is 9.53 Å². The normalized spacial score (nSPS) is 10.2. The summed E-state index contributed by atoms with van der Waals surface area (Å²) in [4.78, 5) is 12.6. The Morgan fingerprint density at radius 1 is 0.840 bits per heavy atom. The molecule has 0 aromatic heterocycles. The minimum atomic E-state index is -0.0624. The van der Waals surface area contributed by atoms with Crippen molar-refractivity contribution in [2.75, 3.05) is 11.9 Å². The van der Waals surface area contributed by atoms with Crippen LogP contribution in [0.1, 0.15) is 10.4 Å². The number of hydrogen-bond donors (Lipinski definition) is 1. The Bertz CT molecular complexity index is 806. The van der Waals surface area contributed by atoms with Crippen LogP contribution in [0.5, 0.6) is 5.75 Å².